The van der Waals surface area contributed by atoms with Crippen molar-refractivity contribution in [2.75, 3.05) is 26.8 Å². The second kappa shape index (κ2) is 14.2. The van der Waals surface area contributed by atoms with Gasteiger partial charge in [0.1, 0.15) is 0 Å². The lowest BCUT2D eigenvalue weighted by atomic mass is 9.99. The van der Waals surface area contributed by atoms with Crippen molar-refractivity contribution in [1.29, 1.82) is 0 Å². The summed E-state index contributed by atoms with van der Waals surface area (Å²) in [5.74, 6) is 0.614. The Hall–Kier alpha value is -4.06. The van der Waals surface area contributed by atoms with Gasteiger partial charge in [-0.05, 0) is 31.0 Å². The minimum absolute atomic E-state index is 0.104. The van der Waals surface area contributed by atoms with Crippen molar-refractivity contribution < 1.29 is 14.3 Å². The summed E-state index contributed by atoms with van der Waals surface area (Å²) < 4.78 is 13.3. The lowest BCUT2D eigenvalue weighted by Crippen LogP contribution is -2.36. The summed E-state index contributed by atoms with van der Waals surface area (Å²) in [6.07, 6.45) is 8.51. The van der Waals surface area contributed by atoms with Crippen molar-refractivity contribution in [2.45, 2.75) is 44.5 Å². The highest BCUT2D eigenvalue weighted by Crippen LogP contribution is 2.42. The lowest BCUT2D eigenvalue weighted by molar-refractivity contribution is -0.119. The van der Waals surface area contributed by atoms with Gasteiger partial charge >= 0.3 is 0 Å². The zero-order valence-electron chi connectivity index (χ0n) is 26.9. The highest BCUT2D eigenvalue weighted by atomic mass is 35.5. The van der Waals surface area contributed by atoms with Crippen molar-refractivity contribution in [3.8, 4) is 39.5 Å². The van der Waals surface area contributed by atoms with Gasteiger partial charge in [-0.2, -0.15) is 0 Å². The normalized spacial score (nSPS) is 17.5. The van der Waals surface area contributed by atoms with Crippen LogP contribution in [-0.2, 0) is 29.7 Å². The van der Waals surface area contributed by atoms with Gasteiger partial charge < -0.3 is 30.0 Å². The molecule has 4 aromatic heterocycles. The third-order valence-electron chi connectivity index (χ3n) is 9.03. The first kappa shape index (κ1) is 32.5. The number of nitrogens with zero attached hydrogens (tertiary/aromatic N) is 4. The van der Waals surface area contributed by atoms with Gasteiger partial charge in [0.25, 0.3) is 0 Å². The van der Waals surface area contributed by atoms with E-state index in [0.29, 0.717) is 59.5 Å². The number of hydrogen-bond donors (Lipinski definition) is 3. The van der Waals surface area contributed by atoms with Gasteiger partial charge in [-0.1, -0.05) is 47.5 Å². The summed E-state index contributed by atoms with van der Waals surface area (Å²) in [7, 11) is 3.63. The number of methoxy groups -OCH3 is 1. The monoisotopic (exact) mass is 685 g/mol. The molecule has 7 rings (SSSR count). The molecule has 0 aliphatic carbocycles. The first-order chi connectivity index (χ1) is 23.4. The molecule has 0 radical (unpaired) electrons. The highest BCUT2D eigenvalue weighted by molar-refractivity contribution is 6.39. The maximum Gasteiger partial charge on any atom is 0.220 e. The molecule has 0 spiro atoms. The van der Waals surface area contributed by atoms with Crippen molar-refractivity contribution in [1.82, 2.24) is 35.5 Å². The molecule has 2 aliphatic rings. The van der Waals surface area contributed by atoms with E-state index in [1.807, 2.05) is 49.6 Å². The maximum atomic E-state index is 11.5. The zero-order valence-corrected chi connectivity index (χ0v) is 28.4. The van der Waals surface area contributed by atoms with Crippen molar-refractivity contribution in [2.24, 2.45) is 7.05 Å². The molecular weight excluding hydrogens is 649 g/mol. The molecule has 5 aromatic rings. The van der Waals surface area contributed by atoms with Gasteiger partial charge in [0.05, 0.1) is 45.7 Å². The number of fused-ring (bicyclic) bond motifs is 1. The van der Waals surface area contributed by atoms with Crippen LogP contribution in [0.25, 0.3) is 44.7 Å². The van der Waals surface area contributed by atoms with E-state index in [-0.39, 0.29) is 11.9 Å². The number of rotatable bonds is 12. The average molecular weight is 687 g/mol. The largest absolute Gasteiger partial charge is 0.481 e. The minimum Gasteiger partial charge on any atom is -0.481 e. The van der Waals surface area contributed by atoms with Gasteiger partial charge in [0.2, 0.25) is 11.8 Å². The Morgan fingerprint density at radius 2 is 1.79 bits per heavy atom. The SMILES string of the molecule is COc1nc(-c2cccc(-c3ccnc(-c4cnc5c(CNC[C@H]6CCO6)cn(C)c5c4)c3Cl)c2Cl)ccc1CNC[C@@H]1CCC(=O)N1. The van der Waals surface area contributed by atoms with Gasteiger partial charge in [-0.25, -0.2) is 4.98 Å². The van der Waals surface area contributed by atoms with Crippen LogP contribution in [0.15, 0.2) is 61.1 Å². The Morgan fingerprint density at radius 3 is 2.56 bits per heavy atom. The van der Waals surface area contributed by atoms with Crippen LogP contribution in [-0.4, -0.2) is 64.4 Å². The van der Waals surface area contributed by atoms with Crippen LogP contribution in [0.5, 0.6) is 5.88 Å². The van der Waals surface area contributed by atoms with Crippen LogP contribution < -0.4 is 20.7 Å². The summed E-state index contributed by atoms with van der Waals surface area (Å²) in [6, 6.07) is 13.8. The summed E-state index contributed by atoms with van der Waals surface area (Å²) in [6.45, 7) is 3.64. The third-order valence-corrected chi connectivity index (χ3v) is 9.82. The molecule has 0 unspecified atom stereocenters. The summed E-state index contributed by atoms with van der Waals surface area (Å²) in [5, 5.41) is 10.9. The molecule has 3 N–H and O–H groups in total. The third kappa shape index (κ3) is 6.63. The average Bonchev–Trinajstić information content (AvgIpc) is 3.64. The van der Waals surface area contributed by atoms with E-state index in [9.17, 15) is 4.79 Å². The molecule has 48 heavy (non-hydrogen) atoms. The number of nitrogens with one attached hydrogen (secondary N) is 3. The Labute approximate surface area is 289 Å². The fourth-order valence-corrected chi connectivity index (χ4v) is 6.99. The van der Waals surface area contributed by atoms with Crippen molar-refractivity contribution >= 4 is 40.1 Å². The number of halogens is 2. The highest BCUT2D eigenvalue weighted by Gasteiger charge is 2.22. The zero-order chi connectivity index (χ0) is 33.2. The molecule has 6 heterocycles. The van der Waals surface area contributed by atoms with E-state index in [1.165, 1.54) is 0 Å². The number of hydrogen-bond acceptors (Lipinski definition) is 8. The summed E-state index contributed by atoms with van der Waals surface area (Å²) in [5.41, 5.74) is 8.39. The van der Waals surface area contributed by atoms with Crippen molar-refractivity contribution in [3.05, 3.63) is 82.2 Å². The fraction of sp³-hybridized carbons (Fsp3) is 0.333. The topological polar surface area (TPSA) is 115 Å². The van der Waals surface area contributed by atoms with Crippen LogP contribution >= 0.6 is 23.2 Å². The van der Waals surface area contributed by atoms with Crippen LogP contribution in [0.2, 0.25) is 10.0 Å². The summed E-state index contributed by atoms with van der Waals surface area (Å²) >= 11 is 14.2. The quantitative estimate of drug-likeness (QED) is 0.148. The van der Waals surface area contributed by atoms with Crippen LogP contribution in [0.1, 0.15) is 30.4 Å². The Bertz CT molecular complexity index is 1980. The number of amides is 1. The fourth-order valence-electron chi connectivity index (χ4n) is 6.34. The van der Waals surface area contributed by atoms with Crippen LogP contribution in [0.4, 0.5) is 0 Å². The molecule has 10 nitrogen and oxygen atoms in total. The first-order valence-corrected chi connectivity index (χ1v) is 16.9. The number of benzene rings is 1. The number of carbonyl (C=O) groups excluding carboxylic acids is 1. The first-order valence-electron chi connectivity index (χ1n) is 16.1. The molecule has 248 valence electrons. The number of carbonyl (C=O) groups is 1. The van der Waals surface area contributed by atoms with Gasteiger partial charge in [0.15, 0.2) is 0 Å². The second-order valence-electron chi connectivity index (χ2n) is 12.3. The molecule has 2 saturated heterocycles. The number of aryl methyl sites for hydroxylation is 1. The molecule has 2 aliphatic heterocycles. The molecule has 2 fully saturated rings. The van der Waals surface area contributed by atoms with Crippen LogP contribution in [0.3, 0.4) is 0 Å². The van der Waals surface area contributed by atoms with Gasteiger partial charge in [-0.15, -0.1) is 0 Å². The molecule has 2 atom stereocenters. The molecule has 0 bridgehead atoms. The lowest BCUT2D eigenvalue weighted by Gasteiger charge is -2.26. The standard InChI is InChI=1S/C36H37Cl2N7O3/c1-45-20-23(16-40-19-25-11-13-48-25)34-30(45)14-22(17-42-34)35-33(38)27(10-12-41-35)26-4-3-5-28(32(26)37)29-8-6-21(36(44-29)47-2)15-39-18-24-7-9-31(46)43-24/h3-6,8,10,12,14,17,20,24-25,39-40H,7,9,11,13,15-16,18-19H2,1-2H3,(H,43,46)/t24-,25+/m0/s1. The molecule has 0 saturated carbocycles. The number of pyridine rings is 3. The number of aromatic nitrogens is 4. The maximum absolute atomic E-state index is 11.5. The molecule has 1 amide bonds. The smallest absolute Gasteiger partial charge is 0.220 e. The van der Waals surface area contributed by atoms with Crippen LogP contribution in [0, 0.1) is 0 Å². The number of ether oxygens (including phenoxy) is 2. The van der Waals surface area contributed by atoms with E-state index < -0.39 is 0 Å². The summed E-state index contributed by atoms with van der Waals surface area (Å²) in [4.78, 5) is 25.8. The molecular formula is C36H37Cl2N7O3. The minimum atomic E-state index is 0.104. The predicted octanol–water partition coefficient (Wildman–Crippen LogP) is 5.93. The predicted molar refractivity (Wildman–Crippen MR) is 188 cm³/mol. The van der Waals surface area contributed by atoms with E-state index in [1.54, 1.807) is 13.3 Å². The second-order valence-corrected chi connectivity index (χ2v) is 13.0. The molecule has 12 heteroatoms. The van der Waals surface area contributed by atoms with Gasteiger partial charge in [-0.3, -0.25) is 14.8 Å². The Morgan fingerprint density at radius 1 is 1.00 bits per heavy atom. The Balaban J connectivity index is 1.12. The van der Waals surface area contributed by atoms with E-state index in [0.717, 1.165) is 70.4 Å². The van der Waals surface area contributed by atoms with E-state index >= 15 is 0 Å². The Kier molecular flexibility index (Phi) is 9.61. The van der Waals surface area contributed by atoms with E-state index in [4.69, 9.17) is 42.6 Å². The van der Waals surface area contributed by atoms with Crippen molar-refractivity contribution in [3.63, 3.8) is 0 Å². The van der Waals surface area contributed by atoms with E-state index in [2.05, 4.69) is 37.8 Å². The van der Waals surface area contributed by atoms with Gasteiger partial charge in [0, 0.05) is 104 Å². The molecule has 1 aromatic carbocycles.